The van der Waals surface area contributed by atoms with E-state index in [1.807, 2.05) is 0 Å². The van der Waals surface area contributed by atoms with Crippen LogP contribution in [0.3, 0.4) is 0 Å². The maximum Gasteiger partial charge on any atom is 0.314 e. The standard InChI is InChI=1S/C6H10N4O/c1-7-6(11)10-4-5-8-2-3-9-5/h2-3H,4H2,1H3,(H,8,9)(H2,7,10,11). The van der Waals surface area contributed by atoms with Crippen LogP contribution >= 0.6 is 0 Å². The molecule has 60 valence electrons. The number of H-pyrrole nitrogens is 1. The summed E-state index contributed by atoms with van der Waals surface area (Å²) in [6.45, 7) is 0.423. The van der Waals surface area contributed by atoms with Crippen LogP contribution in [0.1, 0.15) is 5.82 Å². The zero-order chi connectivity index (χ0) is 8.10. The van der Waals surface area contributed by atoms with Gasteiger partial charge in [0.25, 0.3) is 0 Å². The molecule has 0 aliphatic heterocycles. The zero-order valence-electron chi connectivity index (χ0n) is 6.22. The molecule has 1 heterocycles. The largest absolute Gasteiger partial charge is 0.347 e. The molecule has 5 heteroatoms. The Bertz CT molecular complexity index is 218. The topological polar surface area (TPSA) is 69.8 Å². The summed E-state index contributed by atoms with van der Waals surface area (Å²) in [5.41, 5.74) is 0. The van der Waals surface area contributed by atoms with Gasteiger partial charge in [0, 0.05) is 19.4 Å². The van der Waals surface area contributed by atoms with Gasteiger partial charge in [-0.2, -0.15) is 0 Å². The zero-order valence-corrected chi connectivity index (χ0v) is 6.22. The molecule has 0 unspecified atom stereocenters. The van der Waals surface area contributed by atoms with Gasteiger partial charge in [0.2, 0.25) is 0 Å². The molecule has 0 saturated carbocycles. The third-order valence-electron chi connectivity index (χ3n) is 1.20. The summed E-state index contributed by atoms with van der Waals surface area (Å²) in [7, 11) is 1.57. The molecule has 0 radical (unpaired) electrons. The Balaban J connectivity index is 2.29. The van der Waals surface area contributed by atoms with Gasteiger partial charge in [-0.05, 0) is 0 Å². The number of hydrogen-bond donors (Lipinski definition) is 3. The number of urea groups is 1. The Morgan fingerprint density at radius 3 is 3.18 bits per heavy atom. The molecular weight excluding hydrogens is 144 g/mol. The second-order valence-corrected chi connectivity index (χ2v) is 1.97. The van der Waals surface area contributed by atoms with Crippen LogP contribution in [0.15, 0.2) is 12.4 Å². The Hall–Kier alpha value is -1.52. The van der Waals surface area contributed by atoms with Crippen LogP contribution in [0.25, 0.3) is 0 Å². The molecule has 0 aliphatic rings. The van der Waals surface area contributed by atoms with Crippen molar-refractivity contribution in [2.24, 2.45) is 0 Å². The van der Waals surface area contributed by atoms with Gasteiger partial charge >= 0.3 is 6.03 Å². The van der Waals surface area contributed by atoms with Crippen LogP contribution < -0.4 is 10.6 Å². The Morgan fingerprint density at radius 1 is 1.82 bits per heavy atom. The van der Waals surface area contributed by atoms with Gasteiger partial charge in [0.05, 0.1) is 6.54 Å². The van der Waals surface area contributed by atoms with Crippen molar-refractivity contribution in [3.05, 3.63) is 18.2 Å². The molecule has 5 nitrogen and oxygen atoms in total. The first kappa shape index (κ1) is 7.59. The van der Waals surface area contributed by atoms with Gasteiger partial charge in [-0.25, -0.2) is 9.78 Å². The number of carbonyl (C=O) groups excluding carboxylic acids is 1. The van der Waals surface area contributed by atoms with E-state index >= 15 is 0 Å². The van der Waals surface area contributed by atoms with Crippen LogP contribution in [0.5, 0.6) is 0 Å². The van der Waals surface area contributed by atoms with Crippen molar-refractivity contribution in [1.29, 1.82) is 0 Å². The first-order valence-corrected chi connectivity index (χ1v) is 3.27. The molecule has 0 aromatic carbocycles. The molecule has 1 aromatic rings. The Labute approximate surface area is 64.2 Å². The minimum Gasteiger partial charge on any atom is -0.347 e. The van der Waals surface area contributed by atoms with Gasteiger partial charge in [-0.3, -0.25) is 0 Å². The summed E-state index contributed by atoms with van der Waals surface area (Å²) in [5.74, 6) is 0.744. The second kappa shape index (κ2) is 3.60. The van der Waals surface area contributed by atoms with Gasteiger partial charge in [-0.1, -0.05) is 0 Å². The predicted octanol–water partition coefficient (Wildman–Crippen LogP) is -0.161. The number of nitrogens with zero attached hydrogens (tertiary/aromatic N) is 1. The first-order valence-electron chi connectivity index (χ1n) is 3.27. The van der Waals surface area contributed by atoms with Gasteiger partial charge in [0.1, 0.15) is 5.82 Å². The van der Waals surface area contributed by atoms with Crippen LogP contribution in [0, 0.1) is 0 Å². The van der Waals surface area contributed by atoms with Crippen molar-refractivity contribution < 1.29 is 4.79 Å². The first-order chi connectivity index (χ1) is 5.33. The van der Waals surface area contributed by atoms with E-state index in [-0.39, 0.29) is 6.03 Å². The molecule has 1 rings (SSSR count). The molecule has 0 fully saturated rings. The third kappa shape index (κ3) is 2.29. The van der Waals surface area contributed by atoms with E-state index in [1.165, 1.54) is 0 Å². The highest BCUT2D eigenvalue weighted by Gasteiger charge is 1.96. The van der Waals surface area contributed by atoms with E-state index in [4.69, 9.17) is 0 Å². The highest BCUT2D eigenvalue weighted by Crippen LogP contribution is 1.85. The van der Waals surface area contributed by atoms with Gasteiger partial charge in [0.15, 0.2) is 0 Å². The second-order valence-electron chi connectivity index (χ2n) is 1.97. The quantitative estimate of drug-likeness (QED) is 0.554. The normalized spacial score (nSPS) is 9.18. The predicted molar refractivity (Wildman–Crippen MR) is 39.9 cm³/mol. The highest BCUT2D eigenvalue weighted by atomic mass is 16.2. The van der Waals surface area contributed by atoms with Gasteiger partial charge in [-0.15, -0.1) is 0 Å². The highest BCUT2D eigenvalue weighted by molar-refractivity contribution is 5.73. The molecule has 0 atom stereocenters. The molecule has 0 spiro atoms. The lowest BCUT2D eigenvalue weighted by Crippen LogP contribution is -2.32. The lowest BCUT2D eigenvalue weighted by Gasteiger charge is -1.99. The van der Waals surface area contributed by atoms with Crippen molar-refractivity contribution in [3.8, 4) is 0 Å². The van der Waals surface area contributed by atoms with Crippen LogP contribution in [0.4, 0.5) is 4.79 Å². The minimum absolute atomic E-state index is 0.207. The maximum absolute atomic E-state index is 10.6. The van der Waals surface area contributed by atoms with Crippen molar-refractivity contribution >= 4 is 6.03 Å². The molecule has 3 N–H and O–H groups in total. The monoisotopic (exact) mass is 154 g/mol. The average molecular weight is 154 g/mol. The smallest absolute Gasteiger partial charge is 0.314 e. The number of nitrogens with one attached hydrogen (secondary N) is 3. The SMILES string of the molecule is CNC(=O)NCc1ncc[nH]1. The average Bonchev–Trinajstić information content (AvgIpc) is 2.52. The summed E-state index contributed by atoms with van der Waals surface area (Å²) < 4.78 is 0. The summed E-state index contributed by atoms with van der Waals surface area (Å²) in [5, 5.41) is 5.03. The molecule has 2 amide bonds. The number of amides is 2. The Kier molecular flexibility index (Phi) is 2.48. The number of rotatable bonds is 2. The van der Waals surface area contributed by atoms with Crippen LogP contribution in [-0.4, -0.2) is 23.0 Å². The molecule has 1 aromatic heterocycles. The van der Waals surface area contributed by atoms with Crippen molar-refractivity contribution in [2.75, 3.05) is 7.05 Å². The molecule has 0 saturated heterocycles. The van der Waals surface area contributed by atoms with Crippen molar-refractivity contribution in [1.82, 2.24) is 20.6 Å². The number of aromatic nitrogens is 2. The van der Waals surface area contributed by atoms with Crippen LogP contribution in [0.2, 0.25) is 0 Å². The fourth-order valence-electron chi connectivity index (χ4n) is 0.647. The molecule has 0 aliphatic carbocycles. The van der Waals surface area contributed by atoms with Crippen molar-refractivity contribution in [2.45, 2.75) is 6.54 Å². The fraction of sp³-hybridized carbons (Fsp3) is 0.333. The minimum atomic E-state index is -0.207. The number of carbonyl (C=O) groups is 1. The fourth-order valence-corrected chi connectivity index (χ4v) is 0.647. The summed E-state index contributed by atoms with van der Waals surface area (Å²) in [6, 6.07) is -0.207. The van der Waals surface area contributed by atoms with Crippen LogP contribution in [-0.2, 0) is 6.54 Å². The molecular formula is C6H10N4O. The maximum atomic E-state index is 10.6. The van der Waals surface area contributed by atoms with Gasteiger partial charge < -0.3 is 15.6 Å². The molecule has 11 heavy (non-hydrogen) atoms. The number of hydrogen-bond acceptors (Lipinski definition) is 2. The molecule has 0 bridgehead atoms. The summed E-state index contributed by atoms with van der Waals surface area (Å²) >= 11 is 0. The van der Waals surface area contributed by atoms with Crippen molar-refractivity contribution in [3.63, 3.8) is 0 Å². The lowest BCUT2D eigenvalue weighted by atomic mass is 10.6. The van der Waals surface area contributed by atoms with E-state index in [0.29, 0.717) is 6.54 Å². The third-order valence-corrected chi connectivity index (χ3v) is 1.20. The Morgan fingerprint density at radius 2 is 2.64 bits per heavy atom. The number of aromatic amines is 1. The summed E-state index contributed by atoms with van der Waals surface area (Å²) in [4.78, 5) is 17.4. The van der Waals surface area contributed by atoms with E-state index in [2.05, 4.69) is 20.6 Å². The van der Waals surface area contributed by atoms with E-state index in [1.54, 1.807) is 19.4 Å². The number of imidazole rings is 1. The van der Waals surface area contributed by atoms with E-state index in [9.17, 15) is 4.79 Å². The van der Waals surface area contributed by atoms with E-state index < -0.39 is 0 Å². The summed E-state index contributed by atoms with van der Waals surface area (Å²) in [6.07, 6.45) is 3.35. The van der Waals surface area contributed by atoms with E-state index in [0.717, 1.165) is 5.82 Å². The lowest BCUT2D eigenvalue weighted by molar-refractivity contribution is 0.242.